The Morgan fingerprint density at radius 1 is 1.25 bits per heavy atom. The van der Waals surface area contributed by atoms with Crippen molar-refractivity contribution in [2.75, 3.05) is 18.4 Å². The molecule has 20 heavy (non-hydrogen) atoms. The lowest BCUT2D eigenvalue weighted by atomic mass is 10.1. The zero-order chi connectivity index (χ0) is 14.5. The van der Waals surface area contributed by atoms with Gasteiger partial charge in [-0.2, -0.15) is 0 Å². The van der Waals surface area contributed by atoms with Gasteiger partial charge in [-0.3, -0.25) is 4.79 Å². The van der Waals surface area contributed by atoms with E-state index in [1.165, 1.54) is 6.92 Å². The molecule has 1 aromatic carbocycles. The van der Waals surface area contributed by atoms with Gasteiger partial charge in [-0.1, -0.05) is 12.1 Å². The predicted octanol–water partition coefficient (Wildman–Crippen LogP) is 1.48. The van der Waals surface area contributed by atoms with Crippen molar-refractivity contribution in [3.63, 3.8) is 0 Å². The van der Waals surface area contributed by atoms with Crippen LogP contribution in [0.25, 0.3) is 10.8 Å². The highest BCUT2D eigenvalue weighted by Crippen LogP contribution is 2.24. The highest BCUT2D eigenvalue weighted by molar-refractivity contribution is 6.08. The molecule has 0 atom stereocenters. The van der Waals surface area contributed by atoms with Crippen molar-refractivity contribution in [3.05, 3.63) is 36.0 Å². The third-order valence-corrected chi connectivity index (χ3v) is 2.81. The molecule has 0 bridgehead atoms. The molecule has 0 saturated carbocycles. The maximum atomic E-state index is 11.3. The Balaban J connectivity index is 2.28. The molecular formula is C14H15N3O3. The summed E-state index contributed by atoms with van der Waals surface area (Å²) in [6, 6.07) is 6.85. The normalized spacial score (nSPS) is 10.2. The van der Waals surface area contributed by atoms with E-state index in [9.17, 15) is 14.7 Å². The highest BCUT2D eigenvalue weighted by Gasteiger charge is 2.12. The fourth-order valence-corrected chi connectivity index (χ4v) is 1.96. The number of carboxylic acid groups (broad SMARTS) is 1. The first kappa shape index (κ1) is 13.8. The Hall–Kier alpha value is -2.63. The molecule has 3 N–H and O–H groups in total. The first-order valence-electron chi connectivity index (χ1n) is 6.19. The largest absolute Gasteiger partial charge is 0.478 e. The van der Waals surface area contributed by atoms with E-state index in [2.05, 4.69) is 15.6 Å². The molecule has 0 fully saturated rings. The van der Waals surface area contributed by atoms with Gasteiger partial charge in [0.05, 0.1) is 5.56 Å². The molecule has 0 aliphatic heterocycles. The minimum atomic E-state index is -0.992. The zero-order valence-electron chi connectivity index (χ0n) is 11.0. The fourth-order valence-electron chi connectivity index (χ4n) is 1.96. The molecule has 0 aliphatic carbocycles. The lowest BCUT2D eigenvalue weighted by Crippen LogP contribution is -2.26. The number of carbonyl (C=O) groups excluding carboxylic acids is 1. The summed E-state index contributed by atoms with van der Waals surface area (Å²) in [5.41, 5.74) is 0.206. The second-order valence-corrected chi connectivity index (χ2v) is 4.28. The number of anilines is 1. The van der Waals surface area contributed by atoms with Crippen molar-refractivity contribution in [1.29, 1.82) is 0 Å². The number of hydrogen-bond acceptors (Lipinski definition) is 4. The molecule has 2 rings (SSSR count). The number of fused-ring (bicyclic) bond motifs is 1. The molecule has 2 aromatic rings. The van der Waals surface area contributed by atoms with Gasteiger partial charge >= 0.3 is 5.97 Å². The average Bonchev–Trinajstić information content (AvgIpc) is 2.42. The molecule has 1 amide bonds. The van der Waals surface area contributed by atoms with E-state index in [1.807, 2.05) is 6.07 Å². The SMILES string of the molecule is CC(=O)NCCNc1nccc2cccc(C(=O)O)c12. The van der Waals surface area contributed by atoms with Gasteiger partial charge in [0.25, 0.3) is 0 Å². The maximum Gasteiger partial charge on any atom is 0.336 e. The number of pyridine rings is 1. The molecule has 104 valence electrons. The Kier molecular flexibility index (Phi) is 4.14. The third kappa shape index (κ3) is 3.03. The number of carboxylic acids is 1. The fraction of sp³-hybridized carbons (Fsp3) is 0.214. The summed E-state index contributed by atoms with van der Waals surface area (Å²) >= 11 is 0. The number of hydrogen-bond donors (Lipinski definition) is 3. The number of rotatable bonds is 5. The quantitative estimate of drug-likeness (QED) is 0.718. The summed E-state index contributed by atoms with van der Waals surface area (Å²) in [4.78, 5) is 26.2. The van der Waals surface area contributed by atoms with Crippen LogP contribution in [0.15, 0.2) is 30.5 Å². The summed E-state index contributed by atoms with van der Waals surface area (Å²) in [6.45, 7) is 2.36. The smallest absolute Gasteiger partial charge is 0.336 e. The number of benzene rings is 1. The summed E-state index contributed by atoms with van der Waals surface area (Å²) < 4.78 is 0. The van der Waals surface area contributed by atoms with Crippen LogP contribution in [0.3, 0.4) is 0 Å². The van der Waals surface area contributed by atoms with Crippen LogP contribution in [-0.4, -0.2) is 35.1 Å². The molecule has 0 radical (unpaired) electrons. The van der Waals surface area contributed by atoms with Gasteiger partial charge in [0.15, 0.2) is 0 Å². The van der Waals surface area contributed by atoms with Crippen LogP contribution in [-0.2, 0) is 4.79 Å². The van der Waals surface area contributed by atoms with E-state index < -0.39 is 5.97 Å². The van der Waals surface area contributed by atoms with Gasteiger partial charge in [-0.15, -0.1) is 0 Å². The number of aromatic carboxylic acids is 1. The Morgan fingerprint density at radius 3 is 2.75 bits per heavy atom. The molecule has 0 unspecified atom stereocenters. The first-order chi connectivity index (χ1) is 9.59. The van der Waals surface area contributed by atoms with Gasteiger partial charge < -0.3 is 15.7 Å². The summed E-state index contributed by atoms with van der Waals surface area (Å²) in [5, 5.41) is 16.3. The van der Waals surface area contributed by atoms with Gasteiger partial charge in [-0.25, -0.2) is 9.78 Å². The van der Waals surface area contributed by atoms with Crippen molar-refractivity contribution in [1.82, 2.24) is 10.3 Å². The van der Waals surface area contributed by atoms with Gasteiger partial charge in [0.1, 0.15) is 5.82 Å². The second-order valence-electron chi connectivity index (χ2n) is 4.28. The Bertz CT molecular complexity index is 650. The van der Waals surface area contributed by atoms with Crippen LogP contribution in [0.1, 0.15) is 17.3 Å². The minimum Gasteiger partial charge on any atom is -0.478 e. The molecular weight excluding hydrogens is 258 g/mol. The first-order valence-corrected chi connectivity index (χ1v) is 6.19. The van der Waals surface area contributed by atoms with Crippen LogP contribution >= 0.6 is 0 Å². The third-order valence-electron chi connectivity index (χ3n) is 2.81. The zero-order valence-corrected chi connectivity index (χ0v) is 11.0. The number of nitrogens with zero attached hydrogens (tertiary/aromatic N) is 1. The molecule has 0 aliphatic rings. The second kappa shape index (κ2) is 6.01. The topological polar surface area (TPSA) is 91.3 Å². The van der Waals surface area contributed by atoms with E-state index in [1.54, 1.807) is 24.4 Å². The van der Waals surface area contributed by atoms with Crippen LogP contribution in [0.2, 0.25) is 0 Å². The van der Waals surface area contributed by atoms with E-state index in [0.29, 0.717) is 24.3 Å². The molecule has 0 saturated heterocycles. The minimum absolute atomic E-state index is 0.107. The highest BCUT2D eigenvalue weighted by atomic mass is 16.4. The van der Waals surface area contributed by atoms with Crippen LogP contribution in [0, 0.1) is 0 Å². The number of nitrogens with one attached hydrogen (secondary N) is 2. The van der Waals surface area contributed by atoms with E-state index in [0.717, 1.165) is 5.39 Å². The maximum absolute atomic E-state index is 11.3. The van der Waals surface area contributed by atoms with Crippen LogP contribution < -0.4 is 10.6 Å². The average molecular weight is 273 g/mol. The van der Waals surface area contributed by atoms with Gasteiger partial charge in [-0.05, 0) is 17.5 Å². The van der Waals surface area contributed by atoms with Gasteiger partial charge in [0, 0.05) is 31.6 Å². The molecule has 6 heteroatoms. The van der Waals surface area contributed by atoms with Crippen molar-refractivity contribution < 1.29 is 14.7 Å². The number of carbonyl (C=O) groups is 2. The predicted molar refractivity (Wildman–Crippen MR) is 75.9 cm³/mol. The van der Waals surface area contributed by atoms with Crippen molar-refractivity contribution >= 4 is 28.5 Å². The number of amides is 1. The van der Waals surface area contributed by atoms with Crippen molar-refractivity contribution in [2.24, 2.45) is 0 Å². The summed E-state index contributed by atoms with van der Waals surface area (Å²) in [7, 11) is 0. The van der Waals surface area contributed by atoms with Crippen LogP contribution in [0.4, 0.5) is 5.82 Å². The summed E-state index contributed by atoms with van der Waals surface area (Å²) in [6.07, 6.45) is 1.62. The van der Waals surface area contributed by atoms with Crippen molar-refractivity contribution in [2.45, 2.75) is 6.92 Å². The monoisotopic (exact) mass is 273 g/mol. The summed E-state index contributed by atoms with van der Waals surface area (Å²) in [5.74, 6) is -0.594. The lowest BCUT2D eigenvalue weighted by molar-refractivity contribution is -0.118. The standard InChI is InChI=1S/C14H15N3O3/c1-9(18)15-7-8-17-13-12-10(5-6-16-13)3-2-4-11(12)14(19)20/h2-6H,7-8H2,1H3,(H,15,18)(H,16,17)(H,19,20). The van der Waals surface area contributed by atoms with Crippen LogP contribution in [0.5, 0.6) is 0 Å². The van der Waals surface area contributed by atoms with Gasteiger partial charge in [0.2, 0.25) is 5.91 Å². The molecule has 6 nitrogen and oxygen atoms in total. The van der Waals surface area contributed by atoms with E-state index in [4.69, 9.17) is 0 Å². The molecule has 1 heterocycles. The Morgan fingerprint density at radius 2 is 2.05 bits per heavy atom. The Labute approximate surface area is 115 Å². The van der Waals surface area contributed by atoms with Crippen molar-refractivity contribution in [3.8, 4) is 0 Å². The lowest BCUT2D eigenvalue weighted by Gasteiger charge is -2.10. The number of aromatic nitrogens is 1. The van der Waals surface area contributed by atoms with E-state index >= 15 is 0 Å². The molecule has 1 aromatic heterocycles. The molecule has 0 spiro atoms. The van der Waals surface area contributed by atoms with E-state index in [-0.39, 0.29) is 11.5 Å².